The molecule has 1 unspecified atom stereocenters. The highest BCUT2D eigenvalue weighted by atomic mass is 35.5. The average molecular weight is 351 g/mol. The highest BCUT2D eigenvalue weighted by molar-refractivity contribution is 7.89. The summed E-state index contributed by atoms with van der Waals surface area (Å²) in [5, 5.41) is 4.13. The summed E-state index contributed by atoms with van der Waals surface area (Å²) >= 11 is 5.92. The second-order valence-corrected chi connectivity index (χ2v) is 7.14. The van der Waals surface area contributed by atoms with Crippen LogP contribution in [0.3, 0.4) is 0 Å². The Balaban J connectivity index is 2.18. The highest BCUT2D eigenvalue weighted by Gasteiger charge is 2.17. The van der Waals surface area contributed by atoms with Gasteiger partial charge < -0.3 is 0 Å². The first kappa shape index (κ1) is 17.3. The number of halogens is 1. The van der Waals surface area contributed by atoms with E-state index in [1.807, 2.05) is 6.92 Å². The molecule has 0 spiro atoms. The maximum absolute atomic E-state index is 12.3. The Morgan fingerprint density at radius 2 is 1.96 bits per heavy atom. The van der Waals surface area contributed by atoms with Crippen LogP contribution < -0.4 is 4.72 Å². The van der Waals surface area contributed by atoms with Crippen LogP contribution in [0.15, 0.2) is 58.5 Å². The zero-order chi connectivity index (χ0) is 16.9. The number of rotatable bonds is 6. The fourth-order valence-electron chi connectivity index (χ4n) is 1.99. The quantitative estimate of drug-likeness (QED) is 0.484. The predicted octanol–water partition coefficient (Wildman–Crippen LogP) is 3.98. The molecule has 8 heteroatoms. The van der Waals surface area contributed by atoms with Gasteiger partial charge in [-0.05, 0) is 42.3 Å². The summed E-state index contributed by atoms with van der Waals surface area (Å²) < 4.78 is 27.0. The smallest absolute Gasteiger partial charge is 0.210 e. The summed E-state index contributed by atoms with van der Waals surface area (Å²) in [5.74, 6) is 0. The van der Waals surface area contributed by atoms with Gasteiger partial charge in [0.1, 0.15) is 0 Å². The van der Waals surface area contributed by atoms with Gasteiger partial charge in [0.2, 0.25) is 10.0 Å². The first-order chi connectivity index (χ1) is 10.9. The van der Waals surface area contributed by atoms with Crippen LogP contribution in [0, 0.1) is 6.92 Å². The Morgan fingerprint density at radius 1 is 1.26 bits per heavy atom. The first-order valence-electron chi connectivity index (χ1n) is 6.78. The Kier molecular flexibility index (Phi) is 5.63. The molecule has 2 aromatic carbocycles. The predicted molar refractivity (Wildman–Crippen MR) is 89.7 cm³/mol. The molecule has 0 bridgehead atoms. The Hall–Kier alpha value is -2.05. The molecule has 120 valence electrons. The van der Waals surface area contributed by atoms with Crippen molar-refractivity contribution in [2.24, 2.45) is 5.11 Å². The molecule has 0 amide bonds. The lowest BCUT2D eigenvalue weighted by molar-refractivity contribution is 0.572. The molecule has 0 saturated carbocycles. The van der Waals surface area contributed by atoms with Crippen molar-refractivity contribution < 1.29 is 8.42 Å². The summed E-state index contributed by atoms with van der Waals surface area (Å²) in [6, 6.07) is 12.6. The monoisotopic (exact) mass is 350 g/mol. The number of hydrogen-bond acceptors (Lipinski definition) is 3. The van der Waals surface area contributed by atoms with Crippen LogP contribution in [0.4, 0.5) is 0 Å². The molecule has 0 fully saturated rings. The van der Waals surface area contributed by atoms with Crippen molar-refractivity contribution in [2.75, 3.05) is 6.54 Å². The molecule has 23 heavy (non-hydrogen) atoms. The van der Waals surface area contributed by atoms with Gasteiger partial charge in [-0.1, -0.05) is 46.5 Å². The van der Waals surface area contributed by atoms with Gasteiger partial charge in [-0.15, -0.1) is 0 Å². The van der Waals surface area contributed by atoms with Crippen molar-refractivity contribution in [1.29, 1.82) is 0 Å². The minimum Gasteiger partial charge on any atom is -0.210 e. The largest absolute Gasteiger partial charge is 0.240 e. The van der Waals surface area contributed by atoms with Gasteiger partial charge in [0.15, 0.2) is 0 Å². The van der Waals surface area contributed by atoms with E-state index in [9.17, 15) is 8.42 Å². The molecule has 2 rings (SSSR count). The molecule has 0 saturated heterocycles. The number of benzene rings is 2. The van der Waals surface area contributed by atoms with E-state index in [2.05, 4.69) is 14.7 Å². The number of azide groups is 1. The molecule has 0 radical (unpaired) electrons. The minimum atomic E-state index is -3.67. The highest BCUT2D eigenvalue weighted by Crippen LogP contribution is 2.21. The van der Waals surface area contributed by atoms with Crippen LogP contribution in [-0.4, -0.2) is 15.0 Å². The molecule has 0 aromatic heterocycles. The Labute approximate surface area is 139 Å². The van der Waals surface area contributed by atoms with Gasteiger partial charge in [0.05, 0.1) is 10.9 Å². The molecule has 0 heterocycles. The average Bonchev–Trinajstić information content (AvgIpc) is 2.52. The Morgan fingerprint density at radius 3 is 2.57 bits per heavy atom. The zero-order valence-electron chi connectivity index (χ0n) is 12.3. The van der Waals surface area contributed by atoms with Crippen molar-refractivity contribution in [3.8, 4) is 0 Å². The number of hydrogen-bond donors (Lipinski definition) is 1. The summed E-state index contributed by atoms with van der Waals surface area (Å²) in [6.07, 6.45) is 0. The lowest BCUT2D eigenvalue weighted by Gasteiger charge is -2.13. The van der Waals surface area contributed by atoms with Crippen molar-refractivity contribution in [3.05, 3.63) is 75.1 Å². The fraction of sp³-hybridized carbons (Fsp3) is 0.200. The van der Waals surface area contributed by atoms with Gasteiger partial charge in [-0.25, -0.2) is 13.1 Å². The third kappa shape index (κ3) is 4.71. The van der Waals surface area contributed by atoms with Crippen LogP contribution in [0.2, 0.25) is 5.02 Å². The number of nitrogens with one attached hydrogen (secondary N) is 1. The summed E-state index contributed by atoms with van der Waals surface area (Å²) in [7, 11) is -3.67. The first-order valence-corrected chi connectivity index (χ1v) is 8.64. The summed E-state index contributed by atoms with van der Waals surface area (Å²) in [5.41, 5.74) is 10.3. The fourth-order valence-corrected chi connectivity index (χ4v) is 3.23. The van der Waals surface area contributed by atoms with Gasteiger partial charge in [-0.3, -0.25) is 0 Å². The SMILES string of the molecule is Cc1ccc(S(=O)(=O)NCC(N=[N+]=[N-])c2cccc(Cl)c2)cc1. The van der Waals surface area contributed by atoms with Crippen LogP contribution in [0.25, 0.3) is 10.4 Å². The van der Waals surface area contributed by atoms with Crippen molar-refractivity contribution >= 4 is 21.6 Å². The molecule has 0 aliphatic rings. The van der Waals surface area contributed by atoms with Crippen LogP contribution in [0.1, 0.15) is 17.2 Å². The van der Waals surface area contributed by atoms with E-state index in [1.54, 1.807) is 36.4 Å². The molecule has 0 aliphatic heterocycles. The molecule has 2 aromatic rings. The lowest BCUT2D eigenvalue weighted by atomic mass is 10.1. The van der Waals surface area contributed by atoms with Crippen LogP contribution in [0.5, 0.6) is 0 Å². The second kappa shape index (κ2) is 7.48. The van der Waals surface area contributed by atoms with Gasteiger partial charge in [0, 0.05) is 16.5 Å². The van der Waals surface area contributed by atoms with E-state index in [4.69, 9.17) is 17.1 Å². The van der Waals surface area contributed by atoms with E-state index in [0.29, 0.717) is 10.6 Å². The number of nitrogens with zero attached hydrogens (tertiary/aromatic N) is 3. The molecule has 1 atom stereocenters. The molecule has 6 nitrogen and oxygen atoms in total. The molecule has 1 N–H and O–H groups in total. The normalized spacial score (nSPS) is 12.4. The van der Waals surface area contributed by atoms with E-state index in [-0.39, 0.29) is 11.4 Å². The molecular weight excluding hydrogens is 336 g/mol. The van der Waals surface area contributed by atoms with E-state index in [1.165, 1.54) is 12.1 Å². The van der Waals surface area contributed by atoms with E-state index < -0.39 is 16.1 Å². The maximum Gasteiger partial charge on any atom is 0.240 e. The lowest BCUT2D eigenvalue weighted by Crippen LogP contribution is -2.28. The topological polar surface area (TPSA) is 94.9 Å². The zero-order valence-corrected chi connectivity index (χ0v) is 13.9. The molecule has 0 aliphatic carbocycles. The van der Waals surface area contributed by atoms with E-state index in [0.717, 1.165) is 5.56 Å². The van der Waals surface area contributed by atoms with Crippen LogP contribution in [-0.2, 0) is 10.0 Å². The second-order valence-electron chi connectivity index (χ2n) is 4.94. The Bertz CT molecular complexity index is 831. The third-order valence-corrected chi connectivity index (χ3v) is 4.90. The van der Waals surface area contributed by atoms with Gasteiger partial charge >= 0.3 is 0 Å². The third-order valence-electron chi connectivity index (χ3n) is 3.22. The minimum absolute atomic E-state index is 0.0549. The maximum atomic E-state index is 12.3. The number of aryl methyl sites for hydroxylation is 1. The summed E-state index contributed by atoms with van der Waals surface area (Å²) in [4.78, 5) is 2.94. The van der Waals surface area contributed by atoms with Gasteiger partial charge in [0.25, 0.3) is 0 Å². The molecular formula is C15H15ClN4O2S. The van der Waals surface area contributed by atoms with Crippen LogP contribution >= 0.6 is 11.6 Å². The van der Waals surface area contributed by atoms with Crippen molar-refractivity contribution in [1.82, 2.24) is 4.72 Å². The van der Waals surface area contributed by atoms with E-state index >= 15 is 0 Å². The summed E-state index contributed by atoms with van der Waals surface area (Å²) in [6.45, 7) is 1.82. The van der Waals surface area contributed by atoms with Crippen molar-refractivity contribution in [3.63, 3.8) is 0 Å². The van der Waals surface area contributed by atoms with Crippen molar-refractivity contribution in [2.45, 2.75) is 17.9 Å². The van der Waals surface area contributed by atoms with Gasteiger partial charge in [-0.2, -0.15) is 0 Å². The standard InChI is InChI=1S/C15H15ClN4O2S/c1-11-5-7-14(8-6-11)23(21,22)18-10-15(19-20-17)12-3-2-4-13(16)9-12/h2-9,15,18H,10H2,1H3. The number of sulfonamides is 1.